The maximum atomic E-state index is 13.1. The number of aromatic nitrogens is 2. The molecule has 1 aromatic heterocycles. The van der Waals surface area contributed by atoms with Crippen molar-refractivity contribution in [1.29, 1.82) is 0 Å². The van der Waals surface area contributed by atoms with Crippen molar-refractivity contribution in [2.24, 2.45) is 5.73 Å². The van der Waals surface area contributed by atoms with E-state index >= 15 is 0 Å². The zero-order valence-electron chi connectivity index (χ0n) is 10.4. The summed E-state index contributed by atoms with van der Waals surface area (Å²) in [7, 11) is 0. The number of nitrogens with zero attached hydrogens (tertiary/aromatic N) is 2. The van der Waals surface area contributed by atoms with Gasteiger partial charge in [0.1, 0.15) is 0 Å². The summed E-state index contributed by atoms with van der Waals surface area (Å²) in [5.41, 5.74) is 5.50. The van der Waals surface area contributed by atoms with Crippen LogP contribution in [0, 0.1) is 0 Å². The summed E-state index contributed by atoms with van der Waals surface area (Å²) >= 11 is 0. The summed E-state index contributed by atoms with van der Waals surface area (Å²) in [5.74, 6) is 0. The molecule has 2 rings (SSSR count). The lowest BCUT2D eigenvalue weighted by Crippen LogP contribution is -2.19. The average Bonchev–Trinajstić information content (AvgIpc) is 2.80. The summed E-state index contributed by atoms with van der Waals surface area (Å²) < 4.78 is 40.5. The van der Waals surface area contributed by atoms with Crippen molar-refractivity contribution in [2.45, 2.75) is 25.6 Å². The monoisotopic (exact) mass is 269 g/mol. The molecule has 1 aromatic carbocycles. The highest BCUT2D eigenvalue weighted by Crippen LogP contribution is 2.34. The molecule has 1 atom stereocenters. The zero-order chi connectivity index (χ0) is 14.0. The minimum Gasteiger partial charge on any atom is -0.328 e. The van der Waals surface area contributed by atoms with Crippen molar-refractivity contribution in [1.82, 2.24) is 9.78 Å². The molecule has 0 aliphatic heterocycles. The molecule has 19 heavy (non-hydrogen) atoms. The van der Waals surface area contributed by atoms with E-state index in [2.05, 4.69) is 5.10 Å². The molecule has 2 aromatic rings. The summed E-state index contributed by atoms with van der Waals surface area (Å²) in [6.45, 7) is 1.76. The first-order valence-electron chi connectivity index (χ1n) is 5.83. The largest absolute Gasteiger partial charge is 0.418 e. The van der Waals surface area contributed by atoms with Gasteiger partial charge < -0.3 is 5.73 Å². The molecule has 2 N–H and O–H groups in total. The minimum atomic E-state index is -4.42. The number of halogens is 3. The van der Waals surface area contributed by atoms with Gasteiger partial charge in [-0.2, -0.15) is 18.3 Å². The highest BCUT2D eigenvalue weighted by atomic mass is 19.4. The third kappa shape index (κ3) is 3.14. The summed E-state index contributed by atoms with van der Waals surface area (Å²) in [5, 5.41) is 3.84. The predicted molar refractivity (Wildman–Crippen MR) is 65.9 cm³/mol. The number of nitrogens with two attached hydrogens (primary N) is 1. The zero-order valence-corrected chi connectivity index (χ0v) is 10.4. The lowest BCUT2D eigenvalue weighted by Gasteiger charge is -2.15. The van der Waals surface area contributed by atoms with E-state index in [1.165, 1.54) is 23.1 Å². The first kappa shape index (κ1) is 13.6. The van der Waals surface area contributed by atoms with Crippen molar-refractivity contribution in [3.63, 3.8) is 0 Å². The molecule has 3 nitrogen and oxygen atoms in total. The van der Waals surface area contributed by atoms with E-state index in [1.807, 2.05) is 0 Å². The lowest BCUT2D eigenvalue weighted by atomic mass is 10.0. The summed E-state index contributed by atoms with van der Waals surface area (Å²) in [6, 6.07) is 5.61. The van der Waals surface area contributed by atoms with Gasteiger partial charge in [0.25, 0.3) is 0 Å². The number of hydrogen-bond donors (Lipinski definition) is 1. The molecule has 0 saturated carbocycles. The standard InChI is InChI=1S/C13H14F3N3/c1-9(17)7-10-3-4-12(19-6-2-5-18-19)11(8-10)13(14,15)16/h2-6,8-9H,7,17H2,1H3. The molecular formula is C13H14F3N3. The van der Waals surface area contributed by atoms with Gasteiger partial charge in [-0.3, -0.25) is 0 Å². The Morgan fingerprint density at radius 2 is 2.11 bits per heavy atom. The Balaban J connectivity index is 2.50. The Labute approximate surface area is 108 Å². The van der Waals surface area contributed by atoms with Crippen molar-refractivity contribution in [2.75, 3.05) is 0 Å². The minimum absolute atomic E-state index is 0.0194. The number of alkyl halides is 3. The van der Waals surface area contributed by atoms with Crippen molar-refractivity contribution in [3.05, 3.63) is 47.8 Å². The first-order valence-corrected chi connectivity index (χ1v) is 5.83. The fraction of sp³-hybridized carbons (Fsp3) is 0.308. The van der Waals surface area contributed by atoms with Gasteiger partial charge in [-0.05, 0) is 37.1 Å². The molecule has 0 spiro atoms. The molecular weight excluding hydrogens is 255 g/mol. The number of benzene rings is 1. The maximum Gasteiger partial charge on any atom is 0.418 e. The Morgan fingerprint density at radius 1 is 1.37 bits per heavy atom. The molecule has 102 valence electrons. The van der Waals surface area contributed by atoms with Crippen LogP contribution in [0.2, 0.25) is 0 Å². The van der Waals surface area contributed by atoms with E-state index in [-0.39, 0.29) is 11.7 Å². The van der Waals surface area contributed by atoms with E-state index in [0.29, 0.717) is 12.0 Å². The Morgan fingerprint density at radius 3 is 2.63 bits per heavy atom. The summed E-state index contributed by atoms with van der Waals surface area (Å²) in [4.78, 5) is 0. The van der Waals surface area contributed by atoms with Crippen LogP contribution in [-0.2, 0) is 12.6 Å². The van der Waals surface area contributed by atoms with Gasteiger partial charge in [0.2, 0.25) is 0 Å². The quantitative estimate of drug-likeness (QED) is 0.931. The summed E-state index contributed by atoms with van der Waals surface area (Å²) in [6.07, 6.45) is -1.09. The van der Waals surface area contributed by atoms with Crippen molar-refractivity contribution < 1.29 is 13.2 Å². The van der Waals surface area contributed by atoms with Crippen LogP contribution >= 0.6 is 0 Å². The smallest absolute Gasteiger partial charge is 0.328 e. The van der Waals surface area contributed by atoms with Gasteiger partial charge in [-0.25, -0.2) is 4.68 Å². The van der Waals surface area contributed by atoms with Gasteiger partial charge in [0.15, 0.2) is 0 Å². The molecule has 0 bridgehead atoms. The van der Waals surface area contributed by atoms with Crippen LogP contribution in [0.4, 0.5) is 13.2 Å². The van der Waals surface area contributed by atoms with E-state index in [4.69, 9.17) is 5.73 Å². The molecule has 0 saturated heterocycles. The Hall–Kier alpha value is -1.82. The van der Waals surface area contributed by atoms with Gasteiger partial charge >= 0.3 is 6.18 Å². The second-order valence-corrected chi connectivity index (χ2v) is 4.48. The third-order valence-corrected chi connectivity index (χ3v) is 2.68. The van der Waals surface area contributed by atoms with Crippen LogP contribution < -0.4 is 5.73 Å². The molecule has 0 radical (unpaired) electrons. The Bertz CT molecular complexity index is 545. The van der Waals surface area contributed by atoms with Crippen LogP contribution in [0.15, 0.2) is 36.7 Å². The second kappa shape index (κ2) is 5.05. The average molecular weight is 269 g/mol. The van der Waals surface area contributed by atoms with E-state index < -0.39 is 11.7 Å². The molecule has 1 unspecified atom stereocenters. The van der Waals surface area contributed by atoms with Crippen LogP contribution in [0.3, 0.4) is 0 Å². The SMILES string of the molecule is CC(N)Cc1ccc(-n2cccn2)c(C(F)(F)F)c1. The van der Waals surface area contributed by atoms with Crippen molar-refractivity contribution >= 4 is 0 Å². The molecule has 0 aliphatic rings. The highest BCUT2D eigenvalue weighted by molar-refractivity contribution is 5.45. The van der Waals surface area contributed by atoms with Crippen molar-refractivity contribution in [3.8, 4) is 5.69 Å². The van der Waals surface area contributed by atoms with E-state index in [1.54, 1.807) is 19.1 Å². The molecule has 0 amide bonds. The number of hydrogen-bond acceptors (Lipinski definition) is 2. The topological polar surface area (TPSA) is 43.8 Å². The second-order valence-electron chi connectivity index (χ2n) is 4.48. The maximum absolute atomic E-state index is 13.1. The third-order valence-electron chi connectivity index (χ3n) is 2.68. The van der Waals surface area contributed by atoms with Gasteiger partial charge in [0, 0.05) is 18.4 Å². The Kier molecular flexibility index (Phi) is 3.61. The number of rotatable bonds is 3. The van der Waals surface area contributed by atoms with Gasteiger partial charge in [0.05, 0.1) is 11.3 Å². The van der Waals surface area contributed by atoms with Crippen LogP contribution in [-0.4, -0.2) is 15.8 Å². The fourth-order valence-electron chi connectivity index (χ4n) is 1.92. The molecule has 0 aliphatic carbocycles. The van der Waals surface area contributed by atoms with Gasteiger partial charge in [-0.1, -0.05) is 6.07 Å². The van der Waals surface area contributed by atoms with Gasteiger partial charge in [-0.15, -0.1) is 0 Å². The van der Waals surface area contributed by atoms with E-state index in [0.717, 1.165) is 6.07 Å². The molecule has 6 heteroatoms. The predicted octanol–water partition coefficient (Wildman–Crippen LogP) is 2.78. The van der Waals surface area contributed by atoms with Crippen LogP contribution in [0.25, 0.3) is 5.69 Å². The fourth-order valence-corrected chi connectivity index (χ4v) is 1.92. The van der Waals surface area contributed by atoms with E-state index in [9.17, 15) is 13.2 Å². The molecule has 0 fully saturated rings. The highest BCUT2D eigenvalue weighted by Gasteiger charge is 2.34. The normalized spacial score (nSPS) is 13.5. The first-order chi connectivity index (χ1) is 8.88. The lowest BCUT2D eigenvalue weighted by molar-refractivity contribution is -0.137. The van der Waals surface area contributed by atoms with Crippen LogP contribution in [0.1, 0.15) is 18.1 Å². The van der Waals surface area contributed by atoms with Crippen LogP contribution in [0.5, 0.6) is 0 Å². The molecule has 1 heterocycles.